The number of sulfonamides is 1. The van der Waals surface area contributed by atoms with Crippen molar-refractivity contribution in [2.24, 2.45) is 0 Å². The van der Waals surface area contributed by atoms with E-state index >= 15 is 0 Å². The van der Waals surface area contributed by atoms with Crippen molar-refractivity contribution in [3.63, 3.8) is 0 Å². The maximum Gasteiger partial charge on any atom is 0.244 e. The van der Waals surface area contributed by atoms with Crippen LogP contribution in [0.4, 0.5) is 0 Å². The minimum absolute atomic E-state index is 0.00369. The number of halogens is 1. The van der Waals surface area contributed by atoms with Crippen molar-refractivity contribution in [3.8, 4) is 5.75 Å². The third-order valence-corrected chi connectivity index (χ3v) is 5.20. The number of nitrogens with one attached hydrogen (secondary N) is 2. The highest BCUT2D eigenvalue weighted by atomic mass is 35.5. The monoisotopic (exact) mass is 394 g/mol. The average Bonchev–Trinajstić information content (AvgIpc) is 2.64. The molecule has 0 heterocycles. The van der Waals surface area contributed by atoms with Gasteiger partial charge in [0.1, 0.15) is 10.6 Å². The van der Waals surface area contributed by atoms with Crippen molar-refractivity contribution in [2.45, 2.75) is 11.4 Å². The lowest BCUT2D eigenvalue weighted by Crippen LogP contribution is -2.20. The minimum atomic E-state index is -3.67. The Morgan fingerprint density at radius 1 is 1.23 bits per heavy atom. The van der Waals surface area contributed by atoms with E-state index in [-0.39, 0.29) is 16.6 Å². The number of amides is 1. The second-order valence-corrected chi connectivity index (χ2v) is 7.59. The molecule has 0 saturated heterocycles. The van der Waals surface area contributed by atoms with Crippen molar-refractivity contribution in [1.29, 1.82) is 0 Å². The Hall–Kier alpha value is -2.35. The standard InChI is InChI=1S/C18H19ClN2O4S/c1-20-26(23,24)17-11-13(6-8-16(17)25-2)7-9-18(22)21-12-14-4-3-5-15(19)10-14/h3-11,20H,12H2,1-2H3,(H,21,22)/b9-7+. The number of hydrogen-bond donors (Lipinski definition) is 2. The molecule has 0 radical (unpaired) electrons. The molecule has 0 bridgehead atoms. The predicted molar refractivity (Wildman–Crippen MR) is 102 cm³/mol. The van der Waals surface area contributed by atoms with Crippen LogP contribution in [-0.2, 0) is 21.4 Å². The molecule has 2 aromatic carbocycles. The molecule has 0 aliphatic heterocycles. The molecule has 0 aliphatic rings. The molecule has 0 aromatic heterocycles. The van der Waals surface area contributed by atoms with E-state index in [4.69, 9.17) is 16.3 Å². The van der Waals surface area contributed by atoms with Crippen molar-refractivity contribution >= 4 is 33.6 Å². The van der Waals surface area contributed by atoms with Gasteiger partial charge in [0.05, 0.1) is 7.11 Å². The summed E-state index contributed by atoms with van der Waals surface area (Å²) in [5.74, 6) is -0.0827. The second-order valence-electron chi connectivity index (χ2n) is 5.30. The number of carbonyl (C=O) groups is 1. The van der Waals surface area contributed by atoms with Gasteiger partial charge in [0.25, 0.3) is 0 Å². The SMILES string of the molecule is CNS(=O)(=O)c1cc(/C=C/C(=O)NCc2cccc(Cl)c2)ccc1OC. The Labute approximate surface area is 157 Å². The topological polar surface area (TPSA) is 84.5 Å². The second kappa shape index (κ2) is 8.84. The minimum Gasteiger partial charge on any atom is -0.495 e. The van der Waals surface area contributed by atoms with E-state index in [1.165, 1.54) is 38.4 Å². The van der Waals surface area contributed by atoms with Gasteiger partial charge in [-0.3, -0.25) is 4.79 Å². The van der Waals surface area contributed by atoms with Crippen LogP contribution in [0.2, 0.25) is 5.02 Å². The molecule has 0 atom stereocenters. The fourth-order valence-corrected chi connectivity index (χ4v) is 3.32. The van der Waals surface area contributed by atoms with Crippen LogP contribution in [0.15, 0.2) is 53.4 Å². The van der Waals surface area contributed by atoms with Crippen LogP contribution in [0.3, 0.4) is 0 Å². The van der Waals surface area contributed by atoms with Gasteiger partial charge in [-0.15, -0.1) is 0 Å². The number of carbonyl (C=O) groups excluding carboxylic acids is 1. The van der Waals surface area contributed by atoms with Crippen molar-refractivity contribution in [2.75, 3.05) is 14.2 Å². The summed E-state index contributed by atoms with van der Waals surface area (Å²) in [4.78, 5) is 12.0. The lowest BCUT2D eigenvalue weighted by atomic mass is 10.2. The molecule has 138 valence electrons. The molecule has 2 rings (SSSR count). The summed E-state index contributed by atoms with van der Waals surface area (Å²) in [6, 6.07) is 11.8. The van der Waals surface area contributed by atoms with Gasteiger partial charge in [0, 0.05) is 17.6 Å². The molecule has 0 fully saturated rings. The fraction of sp³-hybridized carbons (Fsp3) is 0.167. The number of hydrogen-bond acceptors (Lipinski definition) is 4. The third-order valence-electron chi connectivity index (χ3n) is 3.53. The lowest BCUT2D eigenvalue weighted by molar-refractivity contribution is -0.116. The van der Waals surface area contributed by atoms with E-state index in [0.717, 1.165) is 5.56 Å². The molecule has 0 unspecified atom stereocenters. The van der Waals surface area contributed by atoms with E-state index in [0.29, 0.717) is 17.1 Å². The van der Waals surface area contributed by atoms with Crippen LogP contribution < -0.4 is 14.8 Å². The van der Waals surface area contributed by atoms with E-state index < -0.39 is 10.0 Å². The lowest BCUT2D eigenvalue weighted by Gasteiger charge is -2.09. The van der Waals surface area contributed by atoms with E-state index in [1.54, 1.807) is 24.3 Å². The van der Waals surface area contributed by atoms with Gasteiger partial charge in [0.15, 0.2) is 0 Å². The first kappa shape index (κ1) is 20.0. The number of ether oxygens (including phenoxy) is 1. The van der Waals surface area contributed by atoms with Crippen LogP contribution in [0.25, 0.3) is 6.08 Å². The molecule has 0 aliphatic carbocycles. The molecule has 26 heavy (non-hydrogen) atoms. The fourth-order valence-electron chi connectivity index (χ4n) is 2.18. The summed E-state index contributed by atoms with van der Waals surface area (Å²) in [7, 11) is -0.963. The Morgan fingerprint density at radius 3 is 2.65 bits per heavy atom. The highest BCUT2D eigenvalue weighted by Gasteiger charge is 2.17. The van der Waals surface area contributed by atoms with Crippen LogP contribution in [-0.4, -0.2) is 28.5 Å². The van der Waals surface area contributed by atoms with Gasteiger partial charge in [-0.2, -0.15) is 0 Å². The normalized spacial score (nSPS) is 11.5. The highest BCUT2D eigenvalue weighted by Crippen LogP contribution is 2.25. The molecule has 0 spiro atoms. The van der Waals surface area contributed by atoms with Crippen LogP contribution in [0, 0.1) is 0 Å². The summed E-state index contributed by atoms with van der Waals surface area (Å²) >= 11 is 5.90. The van der Waals surface area contributed by atoms with E-state index in [9.17, 15) is 13.2 Å². The molecule has 6 nitrogen and oxygen atoms in total. The van der Waals surface area contributed by atoms with Crippen LogP contribution in [0.5, 0.6) is 5.75 Å². The van der Waals surface area contributed by atoms with Crippen molar-refractivity contribution in [1.82, 2.24) is 10.0 Å². The first-order valence-corrected chi connectivity index (χ1v) is 9.54. The van der Waals surface area contributed by atoms with Gasteiger partial charge in [-0.05, 0) is 48.5 Å². The van der Waals surface area contributed by atoms with Crippen LogP contribution >= 0.6 is 11.6 Å². The number of methoxy groups -OCH3 is 1. The molecule has 8 heteroatoms. The average molecular weight is 395 g/mol. The van der Waals surface area contributed by atoms with Crippen LogP contribution in [0.1, 0.15) is 11.1 Å². The molecule has 2 N–H and O–H groups in total. The molecular weight excluding hydrogens is 376 g/mol. The Kier molecular flexibility index (Phi) is 6.79. The summed E-state index contributed by atoms with van der Waals surface area (Å²) in [5, 5.41) is 3.34. The Morgan fingerprint density at radius 2 is 2.00 bits per heavy atom. The van der Waals surface area contributed by atoms with Crippen molar-refractivity contribution in [3.05, 3.63) is 64.7 Å². The molecular formula is C18H19ClN2O4S. The summed E-state index contributed by atoms with van der Waals surface area (Å²) in [6.07, 6.45) is 2.86. The number of rotatable bonds is 7. The Balaban J connectivity index is 2.09. The first-order valence-electron chi connectivity index (χ1n) is 7.67. The molecule has 2 aromatic rings. The third kappa shape index (κ3) is 5.32. The zero-order chi connectivity index (χ0) is 19.2. The molecule has 1 amide bonds. The smallest absolute Gasteiger partial charge is 0.244 e. The van der Waals surface area contributed by atoms with E-state index in [2.05, 4.69) is 10.0 Å². The van der Waals surface area contributed by atoms with Gasteiger partial charge in [-0.25, -0.2) is 13.1 Å². The van der Waals surface area contributed by atoms with E-state index in [1.807, 2.05) is 6.07 Å². The van der Waals surface area contributed by atoms with Crippen molar-refractivity contribution < 1.29 is 17.9 Å². The zero-order valence-electron chi connectivity index (χ0n) is 14.3. The zero-order valence-corrected chi connectivity index (χ0v) is 15.9. The predicted octanol–water partition coefficient (Wildman–Crippen LogP) is 2.59. The first-order chi connectivity index (χ1) is 12.4. The summed E-state index contributed by atoms with van der Waals surface area (Å²) in [5.41, 5.74) is 1.43. The number of benzene rings is 2. The quantitative estimate of drug-likeness (QED) is 0.707. The van der Waals surface area contributed by atoms with Gasteiger partial charge >= 0.3 is 0 Å². The molecule has 0 saturated carbocycles. The summed E-state index contributed by atoms with van der Waals surface area (Å²) < 4.78 is 31.4. The maximum absolute atomic E-state index is 12.1. The highest BCUT2D eigenvalue weighted by molar-refractivity contribution is 7.89. The largest absolute Gasteiger partial charge is 0.495 e. The Bertz CT molecular complexity index is 927. The summed E-state index contributed by atoms with van der Waals surface area (Å²) in [6.45, 7) is 0.339. The van der Waals surface area contributed by atoms with Gasteiger partial charge < -0.3 is 10.1 Å². The van der Waals surface area contributed by atoms with Gasteiger partial charge in [0.2, 0.25) is 15.9 Å². The van der Waals surface area contributed by atoms with Gasteiger partial charge in [-0.1, -0.05) is 29.8 Å². The maximum atomic E-state index is 12.1.